The zero-order valence-electron chi connectivity index (χ0n) is 14.8. The number of nitrogens with one attached hydrogen (secondary N) is 1. The summed E-state index contributed by atoms with van der Waals surface area (Å²) in [6.45, 7) is 13.6. The first-order chi connectivity index (χ1) is 11.8. The highest BCUT2D eigenvalue weighted by molar-refractivity contribution is 5.43. The van der Waals surface area contributed by atoms with Gasteiger partial charge in [0.2, 0.25) is 0 Å². The van der Waals surface area contributed by atoms with E-state index in [0.29, 0.717) is 13.2 Å². The first-order valence-corrected chi connectivity index (χ1v) is 8.83. The van der Waals surface area contributed by atoms with Crippen molar-refractivity contribution in [1.82, 2.24) is 10.2 Å². The molecule has 0 atom stereocenters. The molecule has 1 saturated heterocycles. The van der Waals surface area contributed by atoms with Crippen molar-refractivity contribution in [1.29, 1.82) is 0 Å². The number of morpholine rings is 1. The summed E-state index contributed by atoms with van der Waals surface area (Å²) >= 11 is 0. The van der Waals surface area contributed by atoms with Crippen LogP contribution in [0.4, 0.5) is 0 Å². The van der Waals surface area contributed by atoms with Gasteiger partial charge in [0.25, 0.3) is 0 Å². The predicted octanol–water partition coefficient (Wildman–Crippen LogP) is 2.46. The average Bonchev–Trinajstić information content (AvgIpc) is 2.62. The molecule has 0 aromatic heterocycles. The number of hydrogen-bond donors (Lipinski definition) is 1. The van der Waals surface area contributed by atoms with Crippen LogP contribution in [0.25, 0.3) is 0 Å². The van der Waals surface area contributed by atoms with Gasteiger partial charge in [-0.05, 0) is 44.1 Å². The highest BCUT2D eigenvalue weighted by atomic mass is 16.5. The Balaban J connectivity index is 1.72. The highest BCUT2D eigenvalue weighted by Gasteiger charge is 2.09. The molecule has 1 aromatic carbocycles. The monoisotopic (exact) mass is 334 g/mol. The number of ether oxygens (including phenoxy) is 3. The van der Waals surface area contributed by atoms with E-state index in [4.69, 9.17) is 14.2 Å². The Morgan fingerprint density at radius 3 is 2.83 bits per heavy atom. The number of rotatable bonds is 11. The Morgan fingerprint density at radius 2 is 2.08 bits per heavy atom. The molecule has 0 unspecified atom stereocenters. The van der Waals surface area contributed by atoms with Crippen LogP contribution in [0, 0.1) is 0 Å². The van der Waals surface area contributed by atoms with Gasteiger partial charge < -0.3 is 19.5 Å². The number of nitrogens with zero attached hydrogens (tertiary/aromatic N) is 1. The van der Waals surface area contributed by atoms with Gasteiger partial charge in [-0.1, -0.05) is 18.7 Å². The Morgan fingerprint density at radius 1 is 1.25 bits per heavy atom. The lowest BCUT2D eigenvalue weighted by molar-refractivity contribution is 0.0374. The summed E-state index contributed by atoms with van der Waals surface area (Å²) in [4.78, 5) is 2.46. The van der Waals surface area contributed by atoms with Crippen molar-refractivity contribution in [2.75, 3.05) is 52.6 Å². The third kappa shape index (κ3) is 6.51. The van der Waals surface area contributed by atoms with Crippen molar-refractivity contribution in [2.24, 2.45) is 0 Å². The zero-order chi connectivity index (χ0) is 17.0. The van der Waals surface area contributed by atoms with Crippen molar-refractivity contribution in [3.63, 3.8) is 0 Å². The second-order valence-electron chi connectivity index (χ2n) is 5.80. The lowest BCUT2D eigenvalue weighted by Gasteiger charge is -2.26. The molecule has 24 heavy (non-hydrogen) atoms. The predicted molar refractivity (Wildman–Crippen MR) is 96.9 cm³/mol. The zero-order valence-corrected chi connectivity index (χ0v) is 14.8. The first-order valence-electron chi connectivity index (χ1n) is 8.83. The first kappa shape index (κ1) is 18.8. The molecular formula is C19H30N2O3. The smallest absolute Gasteiger partial charge is 0.161 e. The van der Waals surface area contributed by atoms with E-state index in [1.54, 1.807) is 6.08 Å². The van der Waals surface area contributed by atoms with Gasteiger partial charge in [0.05, 0.1) is 19.8 Å². The lowest BCUT2D eigenvalue weighted by atomic mass is 10.2. The maximum atomic E-state index is 5.68. The normalized spacial score (nSPS) is 15.2. The van der Waals surface area contributed by atoms with Crippen LogP contribution in [-0.4, -0.2) is 57.5 Å². The molecule has 0 aliphatic carbocycles. The van der Waals surface area contributed by atoms with E-state index in [2.05, 4.69) is 28.9 Å². The fourth-order valence-corrected chi connectivity index (χ4v) is 2.68. The molecule has 0 amide bonds. The maximum absolute atomic E-state index is 5.68. The summed E-state index contributed by atoms with van der Waals surface area (Å²) in [5.41, 5.74) is 1.20. The molecule has 1 aliphatic heterocycles. The second kappa shape index (κ2) is 11.1. The molecule has 2 rings (SSSR count). The Kier molecular flexibility index (Phi) is 8.66. The Bertz CT molecular complexity index is 488. The van der Waals surface area contributed by atoms with E-state index < -0.39 is 0 Å². The minimum Gasteiger partial charge on any atom is -0.490 e. The van der Waals surface area contributed by atoms with E-state index in [9.17, 15) is 0 Å². The summed E-state index contributed by atoms with van der Waals surface area (Å²) in [6, 6.07) is 6.10. The van der Waals surface area contributed by atoms with Crippen molar-refractivity contribution in [3.05, 3.63) is 36.4 Å². The van der Waals surface area contributed by atoms with Gasteiger partial charge in [-0.2, -0.15) is 0 Å². The summed E-state index contributed by atoms with van der Waals surface area (Å²) in [6.07, 6.45) is 2.89. The quantitative estimate of drug-likeness (QED) is 0.497. The SMILES string of the molecule is C=CCOc1ccc(CNCCCN2CCOCC2)cc1OCC. The van der Waals surface area contributed by atoms with E-state index in [1.165, 1.54) is 5.56 Å². The number of hydrogen-bond acceptors (Lipinski definition) is 5. The van der Waals surface area contributed by atoms with Crippen LogP contribution in [0.1, 0.15) is 18.9 Å². The number of benzene rings is 1. The molecule has 0 radical (unpaired) electrons. The van der Waals surface area contributed by atoms with Gasteiger partial charge in [-0.15, -0.1) is 0 Å². The molecule has 0 bridgehead atoms. The van der Waals surface area contributed by atoms with Gasteiger partial charge in [0.15, 0.2) is 11.5 Å². The minimum atomic E-state index is 0.485. The van der Waals surface area contributed by atoms with E-state index >= 15 is 0 Å². The van der Waals surface area contributed by atoms with Crippen molar-refractivity contribution < 1.29 is 14.2 Å². The molecule has 134 valence electrons. The summed E-state index contributed by atoms with van der Waals surface area (Å²) in [7, 11) is 0. The summed E-state index contributed by atoms with van der Waals surface area (Å²) in [5, 5.41) is 3.50. The molecule has 1 aliphatic rings. The van der Waals surface area contributed by atoms with Crippen LogP contribution < -0.4 is 14.8 Å². The standard InChI is InChI=1S/C19H30N2O3/c1-3-12-24-18-7-6-17(15-19(18)23-4-2)16-20-8-5-9-21-10-13-22-14-11-21/h3,6-7,15,20H,1,4-5,8-14,16H2,2H3. The van der Waals surface area contributed by atoms with Crippen LogP contribution in [0.5, 0.6) is 11.5 Å². The molecule has 1 N–H and O–H groups in total. The van der Waals surface area contributed by atoms with Crippen LogP contribution in [0.2, 0.25) is 0 Å². The van der Waals surface area contributed by atoms with Crippen LogP contribution >= 0.6 is 0 Å². The van der Waals surface area contributed by atoms with Crippen LogP contribution in [0.3, 0.4) is 0 Å². The second-order valence-corrected chi connectivity index (χ2v) is 5.80. The Labute approximate surface area is 145 Å². The molecule has 5 nitrogen and oxygen atoms in total. The van der Waals surface area contributed by atoms with E-state index in [1.807, 2.05) is 13.0 Å². The van der Waals surface area contributed by atoms with Gasteiger partial charge >= 0.3 is 0 Å². The average molecular weight is 334 g/mol. The topological polar surface area (TPSA) is 43.0 Å². The lowest BCUT2D eigenvalue weighted by Crippen LogP contribution is -2.37. The van der Waals surface area contributed by atoms with Crippen molar-refractivity contribution in [2.45, 2.75) is 19.9 Å². The fourth-order valence-electron chi connectivity index (χ4n) is 2.68. The molecule has 1 heterocycles. The van der Waals surface area contributed by atoms with Gasteiger partial charge in [-0.3, -0.25) is 4.90 Å². The third-order valence-electron chi connectivity index (χ3n) is 3.93. The van der Waals surface area contributed by atoms with Crippen molar-refractivity contribution >= 4 is 0 Å². The molecule has 0 spiro atoms. The molecule has 1 aromatic rings. The van der Waals surface area contributed by atoms with E-state index in [-0.39, 0.29) is 0 Å². The van der Waals surface area contributed by atoms with Gasteiger partial charge in [-0.25, -0.2) is 0 Å². The molecule has 1 fully saturated rings. The molecule has 5 heteroatoms. The van der Waals surface area contributed by atoms with E-state index in [0.717, 1.165) is 63.9 Å². The van der Waals surface area contributed by atoms with Crippen LogP contribution in [-0.2, 0) is 11.3 Å². The molecule has 0 saturated carbocycles. The Hall–Kier alpha value is -1.56. The molecular weight excluding hydrogens is 304 g/mol. The highest BCUT2D eigenvalue weighted by Crippen LogP contribution is 2.28. The maximum Gasteiger partial charge on any atom is 0.161 e. The fraction of sp³-hybridized carbons (Fsp3) is 0.579. The van der Waals surface area contributed by atoms with Crippen LogP contribution in [0.15, 0.2) is 30.9 Å². The largest absolute Gasteiger partial charge is 0.490 e. The third-order valence-corrected chi connectivity index (χ3v) is 3.93. The summed E-state index contributed by atoms with van der Waals surface area (Å²) in [5.74, 6) is 1.57. The summed E-state index contributed by atoms with van der Waals surface area (Å²) < 4.78 is 16.7. The van der Waals surface area contributed by atoms with Gasteiger partial charge in [0, 0.05) is 19.6 Å². The van der Waals surface area contributed by atoms with Crippen molar-refractivity contribution in [3.8, 4) is 11.5 Å². The minimum absolute atomic E-state index is 0.485. The van der Waals surface area contributed by atoms with Gasteiger partial charge in [0.1, 0.15) is 6.61 Å².